The fourth-order valence-corrected chi connectivity index (χ4v) is 1.25. The first kappa shape index (κ1) is 10.4. The number of nitrogens with zero attached hydrogens (tertiary/aromatic N) is 1. The second-order valence-corrected chi connectivity index (χ2v) is 3.39. The summed E-state index contributed by atoms with van der Waals surface area (Å²) in [6.07, 6.45) is 0. The molecule has 76 valence electrons. The Hall–Kier alpha value is -0.680. The number of aliphatic carboxylic acids is 1. The van der Waals surface area contributed by atoms with Gasteiger partial charge < -0.3 is 9.84 Å². The van der Waals surface area contributed by atoms with Crippen LogP contribution in [-0.4, -0.2) is 54.5 Å². The van der Waals surface area contributed by atoms with Crippen LogP contribution in [0.4, 0.5) is 4.39 Å². The highest BCUT2D eigenvalue weighted by Crippen LogP contribution is 2.13. The van der Waals surface area contributed by atoms with Gasteiger partial charge in [-0.15, -0.1) is 0 Å². The van der Waals surface area contributed by atoms with Gasteiger partial charge in [0, 0.05) is 19.6 Å². The summed E-state index contributed by atoms with van der Waals surface area (Å²) in [5, 5.41) is 8.54. The van der Waals surface area contributed by atoms with E-state index in [1.807, 2.05) is 0 Å². The lowest BCUT2D eigenvalue weighted by Gasteiger charge is -2.30. The second-order valence-electron chi connectivity index (χ2n) is 3.39. The van der Waals surface area contributed by atoms with Crippen molar-refractivity contribution >= 4 is 5.97 Å². The Kier molecular flexibility index (Phi) is 3.22. The van der Waals surface area contributed by atoms with Gasteiger partial charge in [-0.1, -0.05) is 0 Å². The van der Waals surface area contributed by atoms with Crippen molar-refractivity contribution in [2.24, 2.45) is 0 Å². The molecule has 5 heteroatoms. The molecule has 0 radical (unpaired) electrons. The van der Waals surface area contributed by atoms with Crippen LogP contribution in [0.3, 0.4) is 0 Å². The zero-order valence-corrected chi connectivity index (χ0v) is 7.62. The van der Waals surface area contributed by atoms with E-state index in [1.54, 1.807) is 4.90 Å². The van der Waals surface area contributed by atoms with E-state index < -0.39 is 11.6 Å². The van der Waals surface area contributed by atoms with Crippen LogP contribution in [0, 0.1) is 0 Å². The van der Waals surface area contributed by atoms with Gasteiger partial charge in [0.2, 0.25) is 5.67 Å². The molecule has 0 spiro atoms. The lowest BCUT2D eigenvalue weighted by atomic mass is 10.1. The van der Waals surface area contributed by atoms with Crippen LogP contribution in [0.25, 0.3) is 0 Å². The van der Waals surface area contributed by atoms with E-state index >= 15 is 0 Å². The minimum atomic E-state index is -2.16. The molecule has 1 atom stereocenters. The number of carboxylic acid groups (broad SMARTS) is 1. The number of hydrogen-bond acceptors (Lipinski definition) is 3. The van der Waals surface area contributed by atoms with Crippen LogP contribution in [0.15, 0.2) is 0 Å². The molecule has 0 amide bonds. The molecule has 1 rings (SSSR count). The van der Waals surface area contributed by atoms with Gasteiger partial charge >= 0.3 is 5.97 Å². The third kappa shape index (κ3) is 2.93. The number of alkyl halides is 1. The molecule has 1 heterocycles. The normalized spacial score (nSPS) is 23.8. The zero-order valence-electron chi connectivity index (χ0n) is 7.62. The minimum Gasteiger partial charge on any atom is -0.479 e. The van der Waals surface area contributed by atoms with E-state index in [0.29, 0.717) is 26.3 Å². The fraction of sp³-hybridized carbons (Fsp3) is 0.875. The largest absolute Gasteiger partial charge is 0.479 e. The van der Waals surface area contributed by atoms with Crippen LogP contribution < -0.4 is 0 Å². The first-order valence-electron chi connectivity index (χ1n) is 4.25. The SMILES string of the molecule is CC(F)(CN1CCOCC1)C(=O)O. The molecular weight excluding hydrogens is 177 g/mol. The van der Waals surface area contributed by atoms with Crippen molar-refractivity contribution < 1.29 is 19.0 Å². The topological polar surface area (TPSA) is 49.8 Å². The lowest BCUT2D eigenvalue weighted by molar-refractivity contribution is -0.151. The summed E-state index contributed by atoms with van der Waals surface area (Å²) in [5.41, 5.74) is -2.16. The first-order valence-corrected chi connectivity index (χ1v) is 4.25. The van der Waals surface area contributed by atoms with Gasteiger partial charge in [0.15, 0.2) is 0 Å². The van der Waals surface area contributed by atoms with Crippen molar-refractivity contribution in [2.75, 3.05) is 32.8 Å². The summed E-state index contributed by atoms with van der Waals surface area (Å²) in [6, 6.07) is 0. The molecule has 0 bridgehead atoms. The van der Waals surface area contributed by atoms with E-state index in [4.69, 9.17) is 9.84 Å². The van der Waals surface area contributed by atoms with Crippen molar-refractivity contribution in [1.82, 2.24) is 4.90 Å². The van der Waals surface area contributed by atoms with Crippen molar-refractivity contribution in [3.05, 3.63) is 0 Å². The van der Waals surface area contributed by atoms with Gasteiger partial charge in [-0.3, -0.25) is 4.90 Å². The third-order valence-corrected chi connectivity index (χ3v) is 2.07. The molecule has 0 saturated carbocycles. The van der Waals surface area contributed by atoms with Gasteiger partial charge in [0.25, 0.3) is 0 Å². The van der Waals surface area contributed by atoms with E-state index in [2.05, 4.69) is 0 Å². The fourth-order valence-electron chi connectivity index (χ4n) is 1.25. The van der Waals surface area contributed by atoms with E-state index in [9.17, 15) is 9.18 Å². The quantitative estimate of drug-likeness (QED) is 0.689. The van der Waals surface area contributed by atoms with Crippen LogP contribution in [0.1, 0.15) is 6.92 Å². The molecule has 0 aromatic carbocycles. The van der Waals surface area contributed by atoms with E-state index in [1.165, 1.54) is 0 Å². The maximum absolute atomic E-state index is 13.3. The highest BCUT2D eigenvalue weighted by Gasteiger charge is 2.35. The average molecular weight is 191 g/mol. The Balaban J connectivity index is 2.41. The van der Waals surface area contributed by atoms with Gasteiger partial charge in [-0.25, -0.2) is 9.18 Å². The van der Waals surface area contributed by atoms with Crippen molar-refractivity contribution in [3.63, 3.8) is 0 Å². The van der Waals surface area contributed by atoms with Gasteiger partial charge in [0.05, 0.1) is 13.2 Å². The number of ether oxygens (including phenoxy) is 1. The molecular formula is C8H14FNO3. The zero-order chi connectivity index (χ0) is 9.90. The molecule has 4 nitrogen and oxygen atoms in total. The van der Waals surface area contributed by atoms with Crippen LogP contribution in [0.5, 0.6) is 0 Å². The van der Waals surface area contributed by atoms with Crippen molar-refractivity contribution in [1.29, 1.82) is 0 Å². The highest BCUT2D eigenvalue weighted by atomic mass is 19.1. The molecule has 1 unspecified atom stereocenters. The van der Waals surface area contributed by atoms with Gasteiger partial charge in [-0.05, 0) is 6.92 Å². The number of carboxylic acids is 1. The van der Waals surface area contributed by atoms with Crippen LogP contribution >= 0.6 is 0 Å². The van der Waals surface area contributed by atoms with Crippen molar-refractivity contribution in [2.45, 2.75) is 12.6 Å². The summed E-state index contributed by atoms with van der Waals surface area (Å²) >= 11 is 0. The molecule has 1 N–H and O–H groups in total. The Labute approximate surface area is 76.3 Å². The van der Waals surface area contributed by atoms with Crippen LogP contribution in [-0.2, 0) is 9.53 Å². The molecule has 0 aromatic rings. The first-order chi connectivity index (χ1) is 6.02. The maximum Gasteiger partial charge on any atom is 0.342 e. The Morgan fingerprint density at radius 2 is 2.15 bits per heavy atom. The second kappa shape index (κ2) is 4.02. The number of hydrogen-bond donors (Lipinski definition) is 1. The minimum absolute atomic E-state index is 0.0638. The maximum atomic E-state index is 13.3. The highest BCUT2D eigenvalue weighted by molar-refractivity contribution is 5.77. The summed E-state index contributed by atoms with van der Waals surface area (Å²) < 4.78 is 18.4. The van der Waals surface area contributed by atoms with Gasteiger partial charge in [0.1, 0.15) is 0 Å². The number of halogens is 1. The average Bonchev–Trinajstić information content (AvgIpc) is 2.05. The summed E-state index contributed by atoms with van der Waals surface area (Å²) in [4.78, 5) is 12.2. The van der Waals surface area contributed by atoms with Crippen molar-refractivity contribution in [3.8, 4) is 0 Å². The third-order valence-electron chi connectivity index (χ3n) is 2.07. The lowest BCUT2D eigenvalue weighted by Crippen LogP contribution is -2.47. The predicted molar refractivity (Wildman–Crippen MR) is 44.4 cm³/mol. The summed E-state index contributed by atoms with van der Waals surface area (Å²) in [5.74, 6) is -1.40. The Morgan fingerprint density at radius 1 is 1.62 bits per heavy atom. The molecule has 1 saturated heterocycles. The predicted octanol–water partition coefficient (Wildman–Crippen LogP) is 0.131. The summed E-state index contributed by atoms with van der Waals surface area (Å²) in [6.45, 7) is 3.33. The Bertz CT molecular complexity index is 190. The molecule has 0 aliphatic carbocycles. The number of rotatable bonds is 3. The molecule has 1 aliphatic heterocycles. The molecule has 13 heavy (non-hydrogen) atoms. The molecule has 0 aromatic heterocycles. The standard InChI is InChI=1S/C8H14FNO3/c1-8(9,7(11)12)6-10-2-4-13-5-3-10/h2-6H2,1H3,(H,11,12). The number of morpholine rings is 1. The molecule has 1 aliphatic rings. The van der Waals surface area contributed by atoms with Gasteiger partial charge in [-0.2, -0.15) is 0 Å². The molecule has 1 fully saturated rings. The van der Waals surface area contributed by atoms with E-state index in [0.717, 1.165) is 6.92 Å². The summed E-state index contributed by atoms with van der Waals surface area (Å²) in [7, 11) is 0. The van der Waals surface area contributed by atoms with Crippen LogP contribution in [0.2, 0.25) is 0 Å². The monoisotopic (exact) mass is 191 g/mol. The smallest absolute Gasteiger partial charge is 0.342 e. The number of carbonyl (C=O) groups is 1. The van der Waals surface area contributed by atoms with E-state index in [-0.39, 0.29) is 6.54 Å². The Morgan fingerprint density at radius 3 is 2.62 bits per heavy atom.